The van der Waals surface area contributed by atoms with Gasteiger partial charge >= 0.3 is 0 Å². The molecule has 5 N–H and O–H groups in total. The Bertz CT molecular complexity index is 1040. The van der Waals surface area contributed by atoms with E-state index in [2.05, 4.69) is 5.32 Å². The molecule has 5 atom stereocenters. The van der Waals surface area contributed by atoms with Gasteiger partial charge < -0.3 is 35.2 Å². The smallest absolute Gasteiger partial charge is 0.253 e. The Morgan fingerprint density at radius 2 is 1.79 bits per heavy atom. The first-order valence-electron chi connectivity index (χ1n) is 10.5. The van der Waals surface area contributed by atoms with Gasteiger partial charge in [0, 0.05) is 6.04 Å². The number of ether oxygens (including phenoxy) is 2. The van der Waals surface area contributed by atoms with Gasteiger partial charge in [0.1, 0.15) is 24.1 Å². The quantitative estimate of drug-likeness (QED) is 0.413. The lowest BCUT2D eigenvalue weighted by molar-refractivity contribution is -0.314. The standard InChI is InChI=1S/C23H25Cl2NO7/c1-23(31)20(29)19(28)18(10-27)33-22(23)32-17-7-3-12(9-16(17)25)11-2-6-14(15(24)8-11)21(30)26-13-4-5-13/h2-3,6-9,13,18-20,22,27-29,31H,4-5,10H2,1H3,(H,26,30)/t18-,19-,20+,22?,23+/m1/s1. The number of aliphatic hydroxyl groups is 4. The van der Waals surface area contributed by atoms with E-state index in [-0.39, 0.29) is 22.7 Å². The van der Waals surface area contributed by atoms with Gasteiger partial charge in [-0.1, -0.05) is 35.3 Å². The molecule has 1 saturated heterocycles. The third kappa shape index (κ3) is 4.97. The van der Waals surface area contributed by atoms with Crippen LogP contribution in [0.2, 0.25) is 10.0 Å². The largest absolute Gasteiger partial charge is 0.460 e. The number of rotatable bonds is 6. The van der Waals surface area contributed by atoms with Gasteiger partial charge in [-0.15, -0.1) is 0 Å². The second kappa shape index (κ2) is 9.38. The number of amides is 1. The fraction of sp³-hybridized carbons (Fsp3) is 0.435. The van der Waals surface area contributed by atoms with Crippen LogP contribution in [-0.4, -0.2) is 69.2 Å². The number of hydrogen-bond donors (Lipinski definition) is 5. The van der Waals surface area contributed by atoms with Crippen molar-refractivity contribution in [3.8, 4) is 16.9 Å². The first kappa shape index (κ1) is 24.2. The Hall–Kier alpha value is -1.91. The molecule has 1 saturated carbocycles. The van der Waals surface area contributed by atoms with Crippen molar-refractivity contribution in [2.75, 3.05) is 6.61 Å². The summed E-state index contributed by atoms with van der Waals surface area (Å²) in [5.41, 5.74) is -0.119. The SMILES string of the molecule is C[C@@]1(O)C(Oc2ccc(-c3ccc(C(=O)NC4CC4)c(Cl)c3)cc2Cl)O[C@H](CO)[C@@H](O)[C@@H]1O. The van der Waals surface area contributed by atoms with Crippen LogP contribution in [0, 0.1) is 0 Å². The second-order valence-corrected chi connectivity index (χ2v) is 9.37. The molecule has 33 heavy (non-hydrogen) atoms. The monoisotopic (exact) mass is 497 g/mol. The average molecular weight is 498 g/mol. The highest BCUT2D eigenvalue weighted by atomic mass is 35.5. The van der Waals surface area contributed by atoms with Gasteiger partial charge in [-0.05, 0) is 55.2 Å². The molecule has 178 valence electrons. The maximum Gasteiger partial charge on any atom is 0.253 e. The Balaban J connectivity index is 1.52. The Morgan fingerprint density at radius 3 is 2.36 bits per heavy atom. The molecule has 8 nitrogen and oxygen atoms in total. The van der Waals surface area contributed by atoms with Gasteiger partial charge in [0.25, 0.3) is 5.91 Å². The van der Waals surface area contributed by atoms with Crippen molar-refractivity contribution in [2.45, 2.75) is 56.0 Å². The van der Waals surface area contributed by atoms with Crippen molar-refractivity contribution in [3.63, 3.8) is 0 Å². The minimum Gasteiger partial charge on any atom is -0.460 e. The number of hydrogen-bond acceptors (Lipinski definition) is 7. The van der Waals surface area contributed by atoms with E-state index >= 15 is 0 Å². The first-order chi connectivity index (χ1) is 15.6. The number of aliphatic hydroxyl groups excluding tert-OH is 3. The van der Waals surface area contributed by atoms with Crippen LogP contribution >= 0.6 is 23.2 Å². The zero-order chi connectivity index (χ0) is 23.9. The topological polar surface area (TPSA) is 128 Å². The van der Waals surface area contributed by atoms with Crippen LogP contribution in [0.4, 0.5) is 0 Å². The normalized spacial score (nSPS) is 29.5. The molecular weight excluding hydrogens is 473 g/mol. The zero-order valence-corrected chi connectivity index (χ0v) is 19.3. The summed E-state index contributed by atoms with van der Waals surface area (Å²) in [7, 11) is 0. The predicted molar refractivity (Wildman–Crippen MR) is 121 cm³/mol. The molecular formula is C23H25Cl2NO7. The van der Waals surface area contributed by atoms with Crippen LogP contribution in [0.25, 0.3) is 11.1 Å². The summed E-state index contributed by atoms with van der Waals surface area (Å²) in [5.74, 6) is -0.0404. The fourth-order valence-corrected chi connectivity index (χ4v) is 4.12. The van der Waals surface area contributed by atoms with Crippen LogP contribution in [0.5, 0.6) is 5.75 Å². The van der Waals surface area contributed by atoms with Gasteiger partial charge in [0.2, 0.25) is 6.29 Å². The number of carbonyl (C=O) groups is 1. The average Bonchev–Trinajstić information content (AvgIpc) is 3.59. The van der Waals surface area contributed by atoms with Crippen LogP contribution in [0.1, 0.15) is 30.1 Å². The van der Waals surface area contributed by atoms with Gasteiger partial charge in [0.05, 0.1) is 22.2 Å². The van der Waals surface area contributed by atoms with E-state index in [0.717, 1.165) is 18.4 Å². The molecule has 0 aromatic heterocycles. The highest BCUT2D eigenvalue weighted by Crippen LogP contribution is 2.36. The molecule has 0 radical (unpaired) electrons. The maximum atomic E-state index is 12.3. The molecule has 0 bridgehead atoms. The van der Waals surface area contributed by atoms with Gasteiger partial charge in [0.15, 0.2) is 5.60 Å². The minimum atomic E-state index is -1.96. The zero-order valence-electron chi connectivity index (χ0n) is 17.7. The third-order valence-electron chi connectivity index (χ3n) is 5.88. The molecule has 10 heteroatoms. The second-order valence-electron chi connectivity index (χ2n) is 8.56. The third-order valence-corrected chi connectivity index (χ3v) is 6.49. The highest BCUT2D eigenvalue weighted by Gasteiger charge is 2.53. The predicted octanol–water partition coefficient (Wildman–Crippen LogP) is 2.12. The Labute approximate surface area is 200 Å². The van der Waals surface area contributed by atoms with Crippen molar-refractivity contribution in [1.29, 1.82) is 0 Å². The van der Waals surface area contributed by atoms with Crippen LogP contribution in [0.3, 0.4) is 0 Å². The lowest BCUT2D eigenvalue weighted by atomic mass is 9.88. The summed E-state index contributed by atoms with van der Waals surface area (Å²) in [6, 6.07) is 10.2. The molecule has 2 aromatic carbocycles. The van der Waals surface area contributed by atoms with Crippen molar-refractivity contribution in [3.05, 3.63) is 52.0 Å². The van der Waals surface area contributed by atoms with Crippen LogP contribution in [-0.2, 0) is 4.74 Å². The van der Waals surface area contributed by atoms with Gasteiger partial charge in [-0.25, -0.2) is 0 Å². The molecule has 4 rings (SSSR count). The molecule has 1 aliphatic heterocycles. The minimum absolute atomic E-state index is 0.164. The Morgan fingerprint density at radius 1 is 1.15 bits per heavy atom. The molecule has 1 amide bonds. The van der Waals surface area contributed by atoms with Crippen molar-refractivity contribution < 1.29 is 34.7 Å². The Kier molecular flexibility index (Phi) is 6.89. The van der Waals surface area contributed by atoms with E-state index in [1.165, 1.54) is 6.92 Å². The number of carbonyl (C=O) groups excluding carboxylic acids is 1. The van der Waals surface area contributed by atoms with E-state index < -0.39 is 36.8 Å². The molecule has 2 aliphatic rings. The summed E-state index contributed by atoms with van der Waals surface area (Å²) in [5, 5.41) is 43.6. The highest BCUT2D eigenvalue weighted by molar-refractivity contribution is 6.34. The van der Waals surface area contributed by atoms with E-state index in [1.807, 2.05) is 0 Å². The van der Waals surface area contributed by atoms with E-state index in [1.54, 1.807) is 36.4 Å². The van der Waals surface area contributed by atoms with Gasteiger partial charge in [-0.2, -0.15) is 0 Å². The fourth-order valence-electron chi connectivity index (χ4n) is 3.62. The molecule has 2 fully saturated rings. The number of nitrogens with one attached hydrogen (secondary N) is 1. The molecule has 0 spiro atoms. The van der Waals surface area contributed by atoms with Crippen molar-refractivity contribution >= 4 is 29.1 Å². The van der Waals surface area contributed by atoms with Crippen molar-refractivity contribution in [1.82, 2.24) is 5.32 Å². The maximum absolute atomic E-state index is 12.3. The summed E-state index contributed by atoms with van der Waals surface area (Å²) in [4.78, 5) is 12.3. The van der Waals surface area contributed by atoms with Crippen LogP contribution in [0.15, 0.2) is 36.4 Å². The summed E-state index contributed by atoms with van der Waals surface area (Å²) >= 11 is 12.7. The lowest BCUT2D eigenvalue weighted by Crippen LogP contribution is -2.66. The van der Waals surface area contributed by atoms with Crippen LogP contribution < -0.4 is 10.1 Å². The molecule has 1 unspecified atom stereocenters. The summed E-state index contributed by atoms with van der Waals surface area (Å²) < 4.78 is 11.1. The lowest BCUT2D eigenvalue weighted by Gasteiger charge is -2.45. The summed E-state index contributed by atoms with van der Waals surface area (Å²) in [6.07, 6.45) is -3.66. The first-order valence-corrected chi connectivity index (χ1v) is 11.3. The summed E-state index contributed by atoms with van der Waals surface area (Å²) in [6.45, 7) is 0.681. The molecule has 1 heterocycles. The van der Waals surface area contributed by atoms with E-state index in [0.29, 0.717) is 16.1 Å². The van der Waals surface area contributed by atoms with Crippen molar-refractivity contribution in [2.24, 2.45) is 0 Å². The van der Waals surface area contributed by atoms with E-state index in [9.17, 15) is 25.2 Å². The number of benzene rings is 2. The van der Waals surface area contributed by atoms with E-state index in [4.69, 9.17) is 32.7 Å². The molecule has 2 aromatic rings. The number of halogens is 2. The van der Waals surface area contributed by atoms with Gasteiger partial charge in [-0.3, -0.25) is 4.79 Å². The molecule has 1 aliphatic carbocycles.